The maximum absolute atomic E-state index is 14.1. The molecule has 1 aromatic heterocycles. The third-order valence-corrected chi connectivity index (χ3v) is 8.54. The lowest BCUT2D eigenvalue weighted by molar-refractivity contribution is -0.139. The Morgan fingerprint density at radius 2 is 1.89 bits per heavy atom. The lowest BCUT2D eigenvalue weighted by Gasteiger charge is -2.41. The van der Waals surface area contributed by atoms with Gasteiger partial charge in [-0.1, -0.05) is 31.0 Å². The van der Waals surface area contributed by atoms with Crippen molar-refractivity contribution in [2.45, 2.75) is 50.2 Å². The van der Waals surface area contributed by atoms with Gasteiger partial charge in [0.05, 0.1) is 30.9 Å². The second kappa shape index (κ2) is 10.6. The number of methoxy groups -OCH3 is 1. The maximum atomic E-state index is 14.1. The Hall–Kier alpha value is -3.65. The molecular formula is C30H35N5O3. The van der Waals surface area contributed by atoms with Gasteiger partial charge in [0.15, 0.2) is 0 Å². The number of carbonyl (C=O) groups excluding carboxylic acids is 2. The predicted molar refractivity (Wildman–Crippen MR) is 145 cm³/mol. The molecule has 1 saturated heterocycles. The first-order valence-corrected chi connectivity index (χ1v) is 13.7. The zero-order valence-corrected chi connectivity index (χ0v) is 21.8. The minimum Gasteiger partial charge on any atom is -0.383 e. The van der Waals surface area contributed by atoms with E-state index in [1.165, 1.54) is 5.56 Å². The standard InChI is InChI=1S/C30H35N5O3/c1-38-18-27-23-14-16-35(28(23)22-6-2-4-8-25(22)32-27)30(37)24-7-3-5-9-26(24)33-29(36)20-10-12-21(13-11-20)34-17-15-31-19-34/h2,4,6,8,10-13,15,17,19,23-24,26-28,32H,3,5,7,9,14,16,18H2,1H3,(H,33,36)/t23-,24+,26-,27+,28+/m1/s1. The van der Waals surface area contributed by atoms with E-state index in [1.807, 2.05) is 41.1 Å². The first kappa shape index (κ1) is 24.7. The molecular weight excluding hydrogens is 478 g/mol. The van der Waals surface area contributed by atoms with Crippen LogP contribution >= 0.6 is 0 Å². The van der Waals surface area contributed by atoms with Gasteiger partial charge in [-0.05, 0) is 55.2 Å². The Labute approximate surface area is 223 Å². The van der Waals surface area contributed by atoms with Gasteiger partial charge in [-0.2, -0.15) is 0 Å². The van der Waals surface area contributed by atoms with Crippen LogP contribution in [0.25, 0.3) is 5.69 Å². The number of nitrogens with zero attached hydrogens (tertiary/aromatic N) is 3. The summed E-state index contributed by atoms with van der Waals surface area (Å²) in [6, 6.07) is 15.9. The van der Waals surface area contributed by atoms with Crippen LogP contribution in [0.4, 0.5) is 5.69 Å². The van der Waals surface area contributed by atoms with Crippen LogP contribution in [0.15, 0.2) is 67.3 Å². The summed E-state index contributed by atoms with van der Waals surface area (Å²) in [4.78, 5) is 33.6. The van der Waals surface area contributed by atoms with E-state index in [0.29, 0.717) is 18.1 Å². The summed E-state index contributed by atoms with van der Waals surface area (Å²) in [5, 5.41) is 6.88. The molecule has 2 N–H and O–H groups in total. The molecule has 1 saturated carbocycles. The number of para-hydroxylation sites is 1. The van der Waals surface area contributed by atoms with Crippen molar-refractivity contribution < 1.29 is 14.3 Å². The topological polar surface area (TPSA) is 88.5 Å². The molecule has 2 aliphatic heterocycles. The smallest absolute Gasteiger partial charge is 0.251 e. The number of ether oxygens (including phenoxy) is 1. The first-order valence-electron chi connectivity index (χ1n) is 13.7. The fraction of sp³-hybridized carbons (Fsp3) is 0.433. The Balaban J connectivity index is 1.20. The van der Waals surface area contributed by atoms with Crippen molar-refractivity contribution in [2.75, 3.05) is 25.6 Å². The number of benzene rings is 2. The van der Waals surface area contributed by atoms with E-state index in [0.717, 1.165) is 50.0 Å². The number of anilines is 1. The zero-order chi connectivity index (χ0) is 26.1. The van der Waals surface area contributed by atoms with E-state index in [9.17, 15) is 9.59 Å². The lowest BCUT2D eigenvalue weighted by atomic mass is 9.81. The van der Waals surface area contributed by atoms with Crippen LogP contribution in [-0.4, -0.2) is 58.6 Å². The summed E-state index contributed by atoms with van der Waals surface area (Å²) < 4.78 is 7.43. The molecule has 0 bridgehead atoms. The molecule has 0 unspecified atom stereocenters. The Morgan fingerprint density at radius 1 is 1.08 bits per heavy atom. The molecule has 2 fully saturated rings. The highest BCUT2D eigenvalue weighted by atomic mass is 16.5. The van der Waals surface area contributed by atoms with Crippen molar-refractivity contribution in [3.8, 4) is 5.69 Å². The van der Waals surface area contributed by atoms with E-state index in [-0.39, 0.29) is 35.9 Å². The summed E-state index contributed by atoms with van der Waals surface area (Å²) in [5.41, 5.74) is 3.82. The minimum atomic E-state index is -0.209. The number of hydrogen-bond donors (Lipinski definition) is 2. The van der Waals surface area contributed by atoms with Gasteiger partial charge in [0, 0.05) is 54.9 Å². The average molecular weight is 514 g/mol. The van der Waals surface area contributed by atoms with E-state index < -0.39 is 0 Å². The quantitative estimate of drug-likeness (QED) is 0.516. The Morgan fingerprint density at radius 3 is 2.68 bits per heavy atom. The highest BCUT2D eigenvalue weighted by Gasteiger charge is 2.48. The van der Waals surface area contributed by atoms with Gasteiger partial charge < -0.3 is 24.8 Å². The van der Waals surface area contributed by atoms with Gasteiger partial charge in [-0.25, -0.2) is 4.98 Å². The van der Waals surface area contributed by atoms with Crippen molar-refractivity contribution >= 4 is 17.5 Å². The molecule has 3 aromatic rings. The highest BCUT2D eigenvalue weighted by Crippen LogP contribution is 2.47. The molecule has 6 rings (SSSR count). The second-order valence-electron chi connectivity index (χ2n) is 10.7. The van der Waals surface area contributed by atoms with Crippen LogP contribution in [0.3, 0.4) is 0 Å². The first-order chi connectivity index (χ1) is 18.6. The molecule has 2 amide bonds. The normalized spacial score (nSPS) is 26.2. The summed E-state index contributed by atoms with van der Waals surface area (Å²) in [5.74, 6) is 0.142. The van der Waals surface area contributed by atoms with E-state index >= 15 is 0 Å². The van der Waals surface area contributed by atoms with Crippen molar-refractivity contribution in [1.29, 1.82) is 0 Å². The number of fused-ring (bicyclic) bond motifs is 3. The lowest BCUT2D eigenvalue weighted by Crippen LogP contribution is -2.50. The number of carbonyl (C=O) groups is 2. The van der Waals surface area contributed by atoms with Gasteiger partial charge >= 0.3 is 0 Å². The van der Waals surface area contributed by atoms with Crippen LogP contribution in [0.1, 0.15) is 54.1 Å². The fourth-order valence-corrected chi connectivity index (χ4v) is 6.68. The molecule has 3 aliphatic rings. The maximum Gasteiger partial charge on any atom is 0.251 e. The summed E-state index contributed by atoms with van der Waals surface area (Å²) in [7, 11) is 1.73. The molecule has 8 heteroatoms. The van der Waals surface area contributed by atoms with Crippen LogP contribution in [0, 0.1) is 11.8 Å². The Bertz CT molecular complexity index is 1280. The number of imidazole rings is 1. The highest BCUT2D eigenvalue weighted by molar-refractivity contribution is 5.95. The SMILES string of the molecule is COC[C@@H]1Nc2ccccc2[C@H]2[C@@H]1CCN2C(=O)[C@H]1CCCC[C@H]1NC(=O)c1ccc(-n2ccnc2)cc1. The number of nitrogens with one attached hydrogen (secondary N) is 2. The second-order valence-corrected chi connectivity index (χ2v) is 10.7. The molecule has 0 radical (unpaired) electrons. The fourth-order valence-electron chi connectivity index (χ4n) is 6.68. The zero-order valence-electron chi connectivity index (χ0n) is 21.8. The summed E-state index contributed by atoms with van der Waals surface area (Å²) in [6.07, 6.45) is 9.92. The molecule has 198 valence electrons. The molecule has 3 heterocycles. The van der Waals surface area contributed by atoms with Crippen LogP contribution in [0.2, 0.25) is 0 Å². The number of likely N-dealkylation sites (tertiary alicyclic amines) is 1. The molecule has 2 aromatic carbocycles. The van der Waals surface area contributed by atoms with Crippen LogP contribution in [-0.2, 0) is 9.53 Å². The minimum absolute atomic E-state index is 0.0362. The third-order valence-electron chi connectivity index (χ3n) is 8.54. The summed E-state index contributed by atoms with van der Waals surface area (Å²) in [6.45, 7) is 1.34. The van der Waals surface area contributed by atoms with Crippen molar-refractivity contribution in [1.82, 2.24) is 19.8 Å². The molecule has 0 spiro atoms. The van der Waals surface area contributed by atoms with Gasteiger partial charge in [0.1, 0.15) is 0 Å². The molecule has 1 aliphatic carbocycles. The van der Waals surface area contributed by atoms with Crippen molar-refractivity contribution in [3.63, 3.8) is 0 Å². The molecule has 38 heavy (non-hydrogen) atoms. The monoisotopic (exact) mass is 513 g/mol. The average Bonchev–Trinajstić information content (AvgIpc) is 3.65. The number of hydrogen-bond acceptors (Lipinski definition) is 5. The number of amides is 2. The van der Waals surface area contributed by atoms with Crippen molar-refractivity contribution in [2.24, 2.45) is 11.8 Å². The van der Waals surface area contributed by atoms with Gasteiger partial charge in [-0.3, -0.25) is 9.59 Å². The molecule has 5 atom stereocenters. The van der Waals surface area contributed by atoms with E-state index in [2.05, 4.69) is 38.7 Å². The van der Waals surface area contributed by atoms with E-state index in [4.69, 9.17) is 4.74 Å². The van der Waals surface area contributed by atoms with Gasteiger partial charge in [0.2, 0.25) is 5.91 Å². The van der Waals surface area contributed by atoms with Gasteiger partial charge in [0.25, 0.3) is 5.91 Å². The Kier molecular flexibility index (Phi) is 6.89. The van der Waals surface area contributed by atoms with Crippen LogP contribution in [0.5, 0.6) is 0 Å². The molecule has 8 nitrogen and oxygen atoms in total. The van der Waals surface area contributed by atoms with E-state index in [1.54, 1.807) is 19.6 Å². The number of aromatic nitrogens is 2. The van der Waals surface area contributed by atoms with Crippen LogP contribution < -0.4 is 10.6 Å². The largest absolute Gasteiger partial charge is 0.383 e. The number of rotatable bonds is 6. The summed E-state index contributed by atoms with van der Waals surface area (Å²) >= 11 is 0. The third kappa shape index (κ3) is 4.58. The van der Waals surface area contributed by atoms with Gasteiger partial charge in [-0.15, -0.1) is 0 Å². The predicted octanol–water partition coefficient (Wildman–Crippen LogP) is 4.19. The van der Waals surface area contributed by atoms with Crippen molar-refractivity contribution in [3.05, 3.63) is 78.4 Å².